The molecule has 3 heteroatoms. The Morgan fingerprint density at radius 2 is 2.15 bits per heavy atom. The Labute approximate surface area is 123 Å². The second-order valence-corrected chi connectivity index (χ2v) is 4.72. The van der Waals surface area contributed by atoms with Crippen LogP contribution in [0, 0.1) is 0 Å². The number of hydrogen-bond donors (Lipinski definition) is 1. The first kappa shape index (κ1) is 16.7. The van der Waals surface area contributed by atoms with Crippen LogP contribution in [0.25, 0.3) is 0 Å². The van der Waals surface area contributed by atoms with Crippen molar-refractivity contribution >= 4 is 0 Å². The molecule has 0 spiro atoms. The first-order valence-corrected chi connectivity index (χ1v) is 7.48. The summed E-state index contributed by atoms with van der Waals surface area (Å²) in [7, 11) is 0. The second kappa shape index (κ2) is 11.5. The maximum atomic E-state index is 5.69. The van der Waals surface area contributed by atoms with Crippen molar-refractivity contribution < 1.29 is 9.47 Å². The molecule has 0 heterocycles. The lowest BCUT2D eigenvalue weighted by atomic mass is 10.2. The Balaban J connectivity index is 2.16. The van der Waals surface area contributed by atoms with Crippen molar-refractivity contribution in [1.82, 2.24) is 5.32 Å². The summed E-state index contributed by atoms with van der Waals surface area (Å²) in [6.45, 7) is 9.79. The number of benzene rings is 1. The molecule has 20 heavy (non-hydrogen) atoms. The lowest BCUT2D eigenvalue weighted by Crippen LogP contribution is -2.13. The molecule has 0 saturated carbocycles. The summed E-state index contributed by atoms with van der Waals surface area (Å²) < 4.78 is 11.2. The number of nitrogens with one attached hydrogen (secondary N) is 1. The van der Waals surface area contributed by atoms with Crippen LogP contribution >= 0.6 is 0 Å². The fourth-order valence-corrected chi connectivity index (χ4v) is 1.80. The van der Waals surface area contributed by atoms with E-state index in [0.717, 1.165) is 44.7 Å². The lowest BCUT2D eigenvalue weighted by Gasteiger charge is -2.09. The fraction of sp³-hybridized carbons (Fsp3) is 0.529. The summed E-state index contributed by atoms with van der Waals surface area (Å²) >= 11 is 0. The molecule has 1 aromatic carbocycles. The van der Waals surface area contributed by atoms with Crippen molar-refractivity contribution in [2.45, 2.75) is 32.7 Å². The van der Waals surface area contributed by atoms with E-state index in [1.165, 1.54) is 5.56 Å². The minimum atomic E-state index is 0.597. The summed E-state index contributed by atoms with van der Waals surface area (Å²) in [5.74, 6) is 0.912. The molecule has 0 fully saturated rings. The Bertz CT molecular complexity index is 366. The van der Waals surface area contributed by atoms with E-state index in [-0.39, 0.29) is 0 Å². The largest absolute Gasteiger partial charge is 0.491 e. The van der Waals surface area contributed by atoms with Crippen LogP contribution in [0.5, 0.6) is 5.75 Å². The van der Waals surface area contributed by atoms with Crippen molar-refractivity contribution in [3.63, 3.8) is 0 Å². The SMILES string of the molecule is C=CCCCOCCOc1cccc(CNCCC)c1. The molecule has 1 N–H and O–H groups in total. The van der Waals surface area contributed by atoms with Gasteiger partial charge in [-0.05, 0) is 43.5 Å². The summed E-state index contributed by atoms with van der Waals surface area (Å²) in [6, 6.07) is 8.21. The average molecular weight is 277 g/mol. The maximum Gasteiger partial charge on any atom is 0.119 e. The molecule has 3 nitrogen and oxygen atoms in total. The summed E-state index contributed by atoms with van der Waals surface area (Å²) in [4.78, 5) is 0. The number of ether oxygens (including phenoxy) is 2. The molecule has 0 aliphatic heterocycles. The van der Waals surface area contributed by atoms with Gasteiger partial charge in [-0.3, -0.25) is 0 Å². The quantitative estimate of drug-likeness (QED) is 0.468. The van der Waals surface area contributed by atoms with Gasteiger partial charge in [0, 0.05) is 13.2 Å². The fourth-order valence-electron chi connectivity index (χ4n) is 1.80. The van der Waals surface area contributed by atoms with Gasteiger partial charge in [0.1, 0.15) is 12.4 Å². The molecule has 112 valence electrons. The van der Waals surface area contributed by atoms with Crippen molar-refractivity contribution in [3.8, 4) is 5.75 Å². The first-order valence-electron chi connectivity index (χ1n) is 7.48. The minimum Gasteiger partial charge on any atom is -0.491 e. The monoisotopic (exact) mass is 277 g/mol. The number of unbranched alkanes of at least 4 members (excludes halogenated alkanes) is 1. The van der Waals surface area contributed by atoms with Crippen LogP contribution < -0.4 is 10.1 Å². The highest BCUT2D eigenvalue weighted by atomic mass is 16.5. The van der Waals surface area contributed by atoms with Crippen LogP contribution in [0.2, 0.25) is 0 Å². The zero-order valence-corrected chi connectivity index (χ0v) is 12.6. The zero-order chi connectivity index (χ0) is 14.5. The summed E-state index contributed by atoms with van der Waals surface area (Å²) in [5.41, 5.74) is 1.25. The van der Waals surface area contributed by atoms with Crippen LogP contribution in [0.3, 0.4) is 0 Å². The number of hydrogen-bond acceptors (Lipinski definition) is 3. The second-order valence-electron chi connectivity index (χ2n) is 4.72. The number of allylic oxidation sites excluding steroid dienone is 1. The number of rotatable bonds is 12. The highest BCUT2D eigenvalue weighted by Crippen LogP contribution is 2.13. The van der Waals surface area contributed by atoms with Crippen molar-refractivity contribution in [2.75, 3.05) is 26.4 Å². The van der Waals surface area contributed by atoms with E-state index < -0.39 is 0 Å². The summed E-state index contributed by atoms with van der Waals surface area (Å²) in [6.07, 6.45) is 5.10. The smallest absolute Gasteiger partial charge is 0.119 e. The Morgan fingerprint density at radius 3 is 2.95 bits per heavy atom. The van der Waals surface area contributed by atoms with E-state index in [9.17, 15) is 0 Å². The van der Waals surface area contributed by atoms with Crippen molar-refractivity contribution in [1.29, 1.82) is 0 Å². The normalized spacial score (nSPS) is 10.4. The standard InChI is InChI=1S/C17H27NO2/c1-3-5-6-11-19-12-13-20-17-9-7-8-16(14-17)15-18-10-4-2/h3,7-9,14,18H,1,4-6,10-13,15H2,2H3. The van der Waals surface area contributed by atoms with E-state index in [1.807, 2.05) is 18.2 Å². The van der Waals surface area contributed by atoms with Crippen LogP contribution in [0.1, 0.15) is 31.7 Å². The molecule has 0 radical (unpaired) electrons. The molecule has 1 aromatic rings. The van der Waals surface area contributed by atoms with Gasteiger partial charge in [0.05, 0.1) is 6.61 Å². The molecule has 0 saturated heterocycles. The minimum absolute atomic E-state index is 0.597. The molecule has 1 rings (SSSR count). The molecule has 0 bridgehead atoms. The van der Waals surface area contributed by atoms with Gasteiger partial charge >= 0.3 is 0 Å². The van der Waals surface area contributed by atoms with Gasteiger partial charge in [0.25, 0.3) is 0 Å². The van der Waals surface area contributed by atoms with E-state index in [2.05, 4.69) is 31.0 Å². The highest BCUT2D eigenvalue weighted by Gasteiger charge is 1.97. The predicted octanol–water partition coefficient (Wildman–Crippen LogP) is 3.55. The van der Waals surface area contributed by atoms with Gasteiger partial charge < -0.3 is 14.8 Å². The van der Waals surface area contributed by atoms with Gasteiger partial charge in [-0.1, -0.05) is 25.1 Å². The first-order chi connectivity index (χ1) is 9.86. The van der Waals surface area contributed by atoms with Crippen LogP contribution in [-0.4, -0.2) is 26.4 Å². The van der Waals surface area contributed by atoms with Gasteiger partial charge in [0.15, 0.2) is 0 Å². The molecule has 0 aliphatic carbocycles. The van der Waals surface area contributed by atoms with E-state index in [0.29, 0.717) is 13.2 Å². The van der Waals surface area contributed by atoms with Gasteiger partial charge in [-0.25, -0.2) is 0 Å². The third-order valence-electron chi connectivity index (χ3n) is 2.85. The van der Waals surface area contributed by atoms with E-state index in [1.54, 1.807) is 0 Å². The van der Waals surface area contributed by atoms with Gasteiger partial charge in [0.2, 0.25) is 0 Å². The topological polar surface area (TPSA) is 30.5 Å². The lowest BCUT2D eigenvalue weighted by molar-refractivity contribution is 0.0988. The zero-order valence-electron chi connectivity index (χ0n) is 12.6. The van der Waals surface area contributed by atoms with E-state index in [4.69, 9.17) is 9.47 Å². The molecule has 0 amide bonds. The molecular formula is C17H27NO2. The average Bonchev–Trinajstić information content (AvgIpc) is 2.47. The molecule has 0 aliphatic rings. The molecular weight excluding hydrogens is 250 g/mol. The summed E-state index contributed by atoms with van der Waals surface area (Å²) in [5, 5.41) is 3.39. The maximum absolute atomic E-state index is 5.69. The highest BCUT2D eigenvalue weighted by molar-refractivity contribution is 5.28. The molecule has 0 atom stereocenters. The van der Waals surface area contributed by atoms with Crippen molar-refractivity contribution in [3.05, 3.63) is 42.5 Å². The third-order valence-corrected chi connectivity index (χ3v) is 2.85. The van der Waals surface area contributed by atoms with Crippen molar-refractivity contribution in [2.24, 2.45) is 0 Å². The molecule has 0 unspecified atom stereocenters. The van der Waals surface area contributed by atoms with E-state index >= 15 is 0 Å². The van der Waals surface area contributed by atoms with Gasteiger partial charge in [-0.2, -0.15) is 0 Å². The molecule has 0 aromatic heterocycles. The predicted molar refractivity (Wildman–Crippen MR) is 84.2 cm³/mol. The van der Waals surface area contributed by atoms with Crippen LogP contribution in [-0.2, 0) is 11.3 Å². The Kier molecular flexibility index (Phi) is 9.62. The van der Waals surface area contributed by atoms with Crippen LogP contribution in [0.15, 0.2) is 36.9 Å². The Morgan fingerprint density at radius 1 is 1.25 bits per heavy atom. The van der Waals surface area contributed by atoms with Crippen LogP contribution in [0.4, 0.5) is 0 Å². The third kappa shape index (κ3) is 7.97. The Hall–Kier alpha value is -1.32. The van der Waals surface area contributed by atoms with Gasteiger partial charge in [-0.15, -0.1) is 6.58 Å².